The molecule has 0 aliphatic rings. The first-order chi connectivity index (χ1) is 15.7. The third-order valence-electron chi connectivity index (χ3n) is 5.09. The first-order valence-electron chi connectivity index (χ1n) is 10.4. The molecule has 160 valence electrons. The van der Waals surface area contributed by atoms with Gasteiger partial charge in [-0.1, -0.05) is 66.2 Å². The number of anilines is 1. The minimum Gasteiger partial charge on any atom is -0.324 e. The van der Waals surface area contributed by atoms with E-state index in [4.69, 9.17) is 11.6 Å². The van der Waals surface area contributed by atoms with Crippen molar-refractivity contribution < 1.29 is 4.79 Å². The second-order valence-electron chi connectivity index (χ2n) is 7.35. The third-order valence-corrected chi connectivity index (χ3v) is 5.34. The highest BCUT2D eigenvalue weighted by atomic mass is 35.5. The van der Waals surface area contributed by atoms with Gasteiger partial charge < -0.3 is 10.6 Å². The number of amides is 1. The van der Waals surface area contributed by atoms with Crippen LogP contribution in [0.3, 0.4) is 0 Å². The summed E-state index contributed by atoms with van der Waals surface area (Å²) in [5.74, 6) is -0.112. The van der Waals surface area contributed by atoms with Gasteiger partial charge in [-0.3, -0.25) is 4.79 Å². The van der Waals surface area contributed by atoms with E-state index in [0.717, 1.165) is 34.5 Å². The van der Waals surface area contributed by atoms with E-state index in [2.05, 4.69) is 20.8 Å². The van der Waals surface area contributed by atoms with E-state index in [1.165, 1.54) is 0 Å². The lowest BCUT2D eigenvalue weighted by Crippen LogP contribution is -2.34. The number of rotatable bonds is 8. The number of carbonyl (C=O) groups excluding carboxylic acids is 1. The van der Waals surface area contributed by atoms with Crippen molar-refractivity contribution >= 4 is 23.2 Å². The Balaban J connectivity index is 1.43. The van der Waals surface area contributed by atoms with Gasteiger partial charge >= 0.3 is 0 Å². The van der Waals surface area contributed by atoms with Crippen LogP contribution in [0.5, 0.6) is 0 Å². The minimum absolute atomic E-state index is 0.112. The molecule has 4 rings (SSSR count). The average Bonchev–Trinajstić information content (AvgIpc) is 2.84. The van der Waals surface area contributed by atoms with Crippen LogP contribution in [0.4, 0.5) is 5.69 Å². The number of aromatic nitrogens is 2. The number of nitrogens with one attached hydrogen (secondary N) is 2. The Kier molecular flexibility index (Phi) is 7.23. The van der Waals surface area contributed by atoms with Crippen LogP contribution in [0.2, 0.25) is 5.02 Å². The number of halogens is 1. The van der Waals surface area contributed by atoms with Gasteiger partial charge in [0, 0.05) is 29.0 Å². The number of hydrogen-bond acceptors (Lipinski definition) is 4. The number of carbonyl (C=O) groups is 1. The second kappa shape index (κ2) is 10.7. The molecule has 2 N–H and O–H groups in total. The molecule has 0 saturated carbocycles. The van der Waals surface area contributed by atoms with Gasteiger partial charge in [0.1, 0.15) is 6.04 Å². The van der Waals surface area contributed by atoms with Crippen molar-refractivity contribution in [1.29, 1.82) is 0 Å². The fourth-order valence-electron chi connectivity index (χ4n) is 3.41. The van der Waals surface area contributed by atoms with Crippen molar-refractivity contribution in [2.45, 2.75) is 12.5 Å². The molecule has 0 radical (unpaired) electrons. The normalized spacial score (nSPS) is 11.7. The zero-order valence-corrected chi connectivity index (χ0v) is 18.2. The summed E-state index contributed by atoms with van der Waals surface area (Å²) < 4.78 is 0. The summed E-state index contributed by atoms with van der Waals surface area (Å²) in [6.07, 6.45) is 2.43. The Hall–Kier alpha value is -3.54. The van der Waals surface area contributed by atoms with Crippen molar-refractivity contribution in [3.63, 3.8) is 0 Å². The van der Waals surface area contributed by atoms with E-state index in [1.54, 1.807) is 6.20 Å². The molecule has 0 aliphatic heterocycles. The number of hydrogen-bond donors (Lipinski definition) is 2. The van der Waals surface area contributed by atoms with E-state index >= 15 is 0 Å². The summed E-state index contributed by atoms with van der Waals surface area (Å²) in [5, 5.41) is 15.2. The quantitative estimate of drug-likeness (QED) is 0.388. The highest BCUT2D eigenvalue weighted by Crippen LogP contribution is 2.21. The lowest BCUT2D eigenvalue weighted by molar-refractivity contribution is -0.118. The van der Waals surface area contributed by atoms with E-state index in [0.29, 0.717) is 11.6 Å². The summed E-state index contributed by atoms with van der Waals surface area (Å²) in [6.45, 7) is 0.653. The molecule has 3 aromatic carbocycles. The van der Waals surface area contributed by atoms with Gasteiger partial charge in [-0.15, -0.1) is 0 Å². The monoisotopic (exact) mass is 442 g/mol. The summed E-state index contributed by atoms with van der Waals surface area (Å²) in [7, 11) is 0. The first kappa shape index (κ1) is 21.7. The molecule has 1 atom stereocenters. The maximum atomic E-state index is 13.1. The highest BCUT2D eigenvalue weighted by Gasteiger charge is 2.20. The Labute approximate surface area is 192 Å². The summed E-state index contributed by atoms with van der Waals surface area (Å²) in [4.78, 5) is 13.1. The van der Waals surface area contributed by atoms with Crippen LogP contribution in [0.15, 0.2) is 97.2 Å². The fourth-order valence-corrected chi connectivity index (χ4v) is 3.54. The smallest absolute Gasteiger partial charge is 0.246 e. The van der Waals surface area contributed by atoms with E-state index in [1.807, 2.05) is 91.0 Å². The minimum atomic E-state index is -0.469. The van der Waals surface area contributed by atoms with Crippen molar-refractivity contribution in [1.82, 2.24) is 15.5 Å². The summed E-state index contributed by atoms with van der Waals surface area (Å²) in [6, 6.07) is 28.3. The van der Waals surface area contributed by atoms with E-state index < -0.39 is 6.04 Å². The molecule has 0 spiro atoms. The summed E-state index contributed by atoms with van der Waals surface area (Å²) in [5.41, 5.74) is 4.53. The van der Waals surface area contributed by atoms with Gasteiger partial charge in [0.15, 0.2) is 0 Å². The van der Waals surface area contributed by atoms with Crippen LogP contribution in [-0.2, 0) is 11.2 Å². The van der Waals surface area contributed by atoms with Gasteiger partial charge in [-0.05, 0) is 53.9 Å². The average molecular weight is 443 g/mol. The van der Waals surface area contributed by atoms with Gasteiger partial charge in [0.05, 0.1) is 5.69 Å². The molecular weight excluding hydrogens is 420 g/mol. The zero-order valence-electron chi connectivity index (χ0n) is 17.4. The molecule has 0 bridgehead atoms. The van der Waals surface area contributed by atoms with E-state index in [9.17, 15) is 4.79 Å². The molecule has 32 heavy (non-hydrogen) atoms. The van der Waals surface area contributed by atoms with Crippen LogP contribution in [0.25, 0.3) is 11.3 Å². The van der Waals surface area contributed by atoms with Gasteiger partial charge in [-0.2, -0.15) is 10.2 Å². The Morgan fingerprint density at radius 1 is 0.875 bits per heavy atom. The predicted octanol–water partition coefficient (Wildman–Crippen LogP) is 5.31. The standard InChI is InChI=1S/C26H23ClN4O/c27-22-12-8-19(9-13-22)16-18-28-25(21-5-2-1-3-6-21)26(32)30-23-14-10-20(11-15-23)24-7-4-17-29-31-24/h1-15,17,25,28H,16,18H2,(H,30,32)/t25-/m0/s1. The van der Waals surface area contributed by atoms with Crippen LogP contribution in [0, 0.1) is 0 Å². The fraction of sp³-hybridized carbons (Fsp3) is 0.115. The van der Waals surface area contributed by atoms with Crippen LogP contribution in [-0.4, -0.2) is 22.6 Å². The largest absolute Gasteiger partial charge is 0.324 e. The van der Waals surface area contributed by atoms with E-state index in [-0.39, 0.29) is 5.91 Å². The van der Waals surface area contributed by atoms with Crippen molar-refractivity contribution in [2.75, 3.05) is 11.9 Å². The van der Waals surface area contributed by atoms with Gasteiger partial charge in [-0.25, -0.2) is 0 Å². The molecule has 4 aromatic rings. The maximum Gasteiger partial charge on any atom is 0.246 e. The Bertz CT molecular complexity index is 1130. The molecule has 0 saturated heterocycles. The van der Waals surface area contributed by atoms with Crippen LogP contribution in [0.1, 0.15) is 17.2 Å². The summed E-state index contributed by atoms with van der Waals surface area (Å²) >= 11 is 5.96. The lowest BCUT2D eigenvalue weighted by atomic mass is 10.0. The molecular formula is C26H23ClN4O. The Morgan fingerprint density at radius 2 is 1.62 bits per heavy atom. The predicted molar refractivity (Wildman–Crippen MR) is 128 cm³/mol. The number of nitrogens with zero attached hydrogens (tertiary/aromatic N) is 2. The molecule has 1 amide bonds. The maximum absolute atomic E-state index is 13.1. The molecule has 0 fully saturated rings. The molecule has 1 aromatic heterocycles. The third kappa shape index (κ3) is 5.78. The molecule has 0 unspecified atom stereocenters. The van der Waals surface area contributed by atoms with Crippen molar-refractivity contribution in [3.8, 4) is 11.3 Å². The van der Waals surface area contributed by atoms with Crippen molar-refractivity contribution in [3.05, 3.63) is 113 Å². The Morgan fingerprint density at radius 3 is 2.31 bits per heavy atom. The van der Waals surface area contributed by atoms with Crippen LogP contribution < -0.4 is 10.6 Å². The molecule has 0 aliphatic carbocycles. The molecule has 6 heteroatoms. The van der Waals surface area contributed by atoms with Gasteiger partial charge in [0.2, 0.25) is 5.91 Å². The first-order valence-corrected chi connectivity index (χ1v) is 10.8. The zero-order chi connectivity index (χ0) is 22.2. The van der Waals surface area contributed by atoms with Crippen molar-refractivity contribution in [2.24, 2.45) is 0 Å². The number of benzene rings is 3. The molecule has 1 heterocycles. The van der Waals surface area contributed by atoms with Crippen LogP contribution >= 0.6 is 11.6 Å². The SMILES string of the molecule is O=C(Nc1ccc(-c2cccnn2)cc1)[C@@H](NCCc1ccc(Cl)cc1)c1ccccc1. The molecule has 5 nitrogen and oxygen atoms in total. The second-order valence-corrected chi connectivity index (χ2v) is 7.79. The highest BCUT2D eigenvalue weighted by molar-refractivity contribution is 6.30. The van der Waals surface area contributed by atoms with Gasteiger partial charge in [0.25, 0.3) is 0 Å². The topological polar surface area (TPSA) is 66.9 Å². The lowest BCUT2D eigenvalue weighted by Gasteiger charge is -2.19.